The van der Waals surface area contributed by atoms with Gasteiger partial charge in [0.1, 0.15) is 30.5 Å². The molecule has 0 aliphatic carbocycles. The number of allylic oxidation sites excluding steroid dienone is 12. The highest BCUT2D eigenvalue weighted by Gasteiger charge is 2.48. The Bertz CT molecular complexity index is 1510. The van der Waals surface area contributed by atoms with Gasteiger partial charge in [0.2, 0.25) is 0 Å². The van der Waals surface area contributed by atoms with Crippen LogP contribution in [0.2, 0.25) is 0 Å². The molecule has 1 heterocycles. The number of ether oxygens (including phenoxy) is 4. The number of aliphatic hydroxyl groups is 3. The Morgan fingerprint density at radius 3 is 1.42 bits per heavy atom. The van der Waals surface area contributed by atoms with Crippen LogP contribution in [0.15, 0.2) is 72.9 Å². The summed E-state index contributed by atoms with van der Waals surface area (Å²) in [5.74, 6) is -0.422. The van der Waals surface area contributed by atoms with Crippen molar-refractivity contribution in [1.82, 2.24) is 0 Å². The summed E-state index contributed by atoms with van der Waals surface area (Å²) in [5, 5.41) is 30.8. The predicted octanol–water partition coefficient (Wildman–Crippen LogP) is 13.8. The fourth-order valence-corrected chi connectivity index (χ4v) is 8.89. The largest absolute Gasteiger partial charge is 0.457 e. The summed E-state index contributed by atoms with van der Waals surface area (Å²) in [6.45, 7) is 3.88. The number of hydrogen-bond donors (Lipinski definition) is 4. The summed E-state index contributed by atoms with van der Waals surface area (Å²) in [4.78, 5) is 12.9. The zero-order valence-electron chi connectivity index (χ0n) is 44.5. The van der Waals surface area contributed by atoms with Crippen LogP contribution < -0.4 is 0 Å². The topological polar surface area (TPSA) is 178 Å². The van der Waals surface area contributed by atoms with Gasteiger partial charge >= 0.3 is 16.4 Å². The van der Waals surface area contributed by atoms with Gasteiger partial charge in [-0.1, -0.05) is 228 Å². The van der Waals surface area contributed by atoms with Gasteiger partial charge in [-0.15, -0.1) is 0 Å². The second kappa shape index (κ2) is 48.5. The number of esters is 1. The Kier molecular flexibility index (Phi) is 45.4. The molecule has 0 aromatic carbocycles. The lowest BCUT2D eigenvalue weighted by Crippen LogP contribution is -2.60. The average Bonchev–Trinajstić information content (AvgIpc) is 3.35. The Hall–Kier alpha value is -2.46. The van der Waals surface area contributed by atoms with E-state index in [1.54, 1.807) is 0 Å². The Morgan fingerprint density at radius 1 is 0.549 bits per heavy atom. The number of rotatable bonds is 49. The lowest BCUT2D eigenvalue weighted by Gasteiger charge is -2.41. The predicted molar refractivity (Wildman–Crippen MR) is 289 cm³/mol. The van der Waals surface area contributed by atoms with Crippen molar-refractivity contribution in [3.05, 3.63) is 72.9 Å². The van der Waals surface area contributed by atoms with Crippen LogP contribution in [0.4, 0.5) is 0 Å². The van der Waals surface area contributed by atoms with E-state index in [2.05, 4.69) is 90.9 Å². The summed E-state index contributed by atoms with van der Waals surface area (Å²) in [6.07, 6.45) is 55.1. The van der Waals surface area contributed by atoms with E-state index in [1.165, 1.54) is 116 Å². The molecule has 12 nitrogen and oxygen atoms in total. The van der Waals surface area contributed by atoms with Gasteiger partial charge in [0.25, 0.3) is 0 Å². The van der Waals surface area contributed by atoms with Gasteiger partial charge in [0, 0.05) is 13.0 Å². The van der Waals surface area contributed by atoms with Gasteiger partial charge in [-0.3, -0.25) is 9.35 Å². The van der Waals surface area contributed by atoms with Crippen LogP contribution in [0.3, 0.4) is 0 Å². The molecule has 1 rings (SSSR count). The van der Waals surface area contributed by atoms with E-state index in [9.17, 15) is 33.1 Å². The molecular formula is C58H102O12S. The number of carbonyl (C=O) groups excluding carboxylic acids is 1. The van der Waals surface area contributed by atoms with Crippen molar-refractivity contribution in [3.8, 4) is 0 Å². The quantitative estimate of drug-likeness (QED) is 0.0196. The van der Waals surface area contributed by atoms with Crippen molar-refractivity contribution in [2.45, 2.75) is 263 Å². The first kappa shape index (κ1) is 66.6. The maximum Gasteiger partial charge on any atom is 0.397 e. The highest BCUT2D eigenvalue weighted by molar-refractivity contribution is 7.80. The third-order valence-corrected chi connectivity index (χ3v) is 13.1. The van der Waals surface area contributed by atoms with E-state index >= 15 is 0 Å². The van der Waals surface area contributed by atoms with E-state index < -0.39 is 59.8 Å². The molecule has 0 saturated carbocycles. The molecule has 6 atom stereocenters. The van der Waals surface area contributed by atoms with Gasteiger partial charge in [0.05, 0.1) is 19.8 Å². The molecular weight excluding hydrogens is 921 g/mol. The SMILES string of the molecule is CC/C=C\C/C=C\C/C=C\C/C=C\C/C=C\C/C=C\CCCCCCC(=O)OC(COCCCCCCCCCCCCCCCCCCCCCCC)COC1OC(CO)C(O)C(OS(=O)(=O)O)C1O. The number of hydrogen-bond acceptors (Lipinski definition) is 11. The van der Waals surface area contributed by atoms with Crippen molar-refractivity contribution in [1.29, 1.82) is 0 Å². The van der Waals surface area contributed by atoms with E-state index in [1.807, 2.05) is 0 Å². The van der Waals surface area contributed by atoms with Crippen LogP contribution in [0.25, 0.3) is 0 Å². The molecule has 1 saturated heterocycles. The van der Waals surface area contributed by atoms with Crippen LogP contribution in [0.1, 0.15) is 226 Å². The molecule has 1 aliphatic heterocycles. The summed E-state index contributed by atoms with van der Waals surface area (Å²) in [6, 6.07) is 0. The number of unbranched alkanes of at least 4 members (excludes halogenated alkanes) is 24. The molecule has 1 fully saturated rings. The summed E-state index contributed by atoms with van der Waals surface area (Å²) in [7, 11) is -5.07. The third-order valence-electron chi connectivity index (χ3n) is 12.6. The van der Waals surface area contributed by atoms with Crippen LogP contribution >= 0.6 is 0 Å². The van der Waals surface area contributed by atoms with Gasteiger partial charge in [0.15, 0.2) is 6.29 Å². The summed E-state index contributed by atoms with van der Waals surface area (Å²) in [5.41, 5.74) is 0. The van der Waals surface area contributed by atoms with Gasteiger partial charge in [-0.05, 0) is 64.2 Å². The molecule has 0 aromatic rings. The minimum absolute atomic E-state index is 0.0245. The molecule has 13 heteroatoms. The number of aliphatic hydroxyl groups excluding tert-OH is 3. The molecule has 6 unspecified atom stereocenters. The van der Waals surface area contributed by atoms with Gasteiger partial charge in [-0.2, -0.15) is 8.42 Å². The summed E-state index contributed by atoms with van der Waals surface area (Å²) < 4.78 is 59.4. The van der Waals surface area contributed by atoms with Crippen LogP contribution in [-0.4, -0.2) is 97.5 Å². The molecule has 1 aliphatic rings. The molecule has 0 spiro atoms. The van der Waals surface area contributed by atoms with E-state index in [-0.39, 0.29) is 19.6 Å². The minimum atomic E-state index is -5.07. The number of carbonyl (C=O) groups is 1. The molecule has 71 heavy (non-hydrogen) atoms. The lowest BCUT2D eigenvalue weighted by molar-refractivity contribution is -0.301. The second-order valence-electron chi connectivity index (χ2n) is 19.2. The highest BCUT2D eigenvalue weighted by Crippen LogP contribution is 2.26. The van der Waals surface area contributed by atoms with Crippen molar-refractivity contribution in [2.75, 3.05) is 26.4 Å². The monoisotopic (exact) mass is 1020 g/mol. The van der Waals surface area contributed by atoms with Gasteiger partial charge < -0.3 is 34.3 Å². The molecule has 0 amide bonds. The molecule has 4 N–H and O–H groups in total. The zero-order valence-corrected chi connectivity index (χ0v) is 45.3. The molecule has 0 bridgehead atoms. The second-order valence-corrected chi connectivity index (χ2v) is 20.2. The molecule has 412 valence electrons. The molecule has 0 radical (unpaired) electrons. The minimum Gasteiger partial charge on any atom is -0.457 e. The standard InChI is InChI=1S/C58H102O12S/c1-3-5-7-9-11-13-15-17-19-21-23-25-26-27-29-31-33-35-37-39-41-43-45-47-54(60)68-52(51-67-58-56(62)57(70-71(63,64)65)55(61)53(49-59)69-58)50-66-48-46-44-42-40-38-36-34-32-30-28-24-22-20-18-16-14-12-10-8-6-4-2/h5,7,11,13,17,19,23,25,27,29,33,35,52-53,55-59,61-62H,3-4,6,8-10,12,14-16,18,20-22,24,26,28,30-32,34,36-51H2,1-2H3,(H,63,64,65)/b7-5-,13-11-,19-17-,25-23-,29-27-,35-33-. The van der Waals surface area contributed by atoms with Crippen molar-refractivity contribution in [3.63, 3.8) is 0 Å². The van der Waals surface area contributed by atoms with Gasteiger partial charge in [-0.25, -0.2) is 4.18 Å². The average molecular weight is 1020 g/mol. The summed E-state index contributed by atoms with van der Waals surface area (Å²) >= 11 is 0. The fourth-order valence-electron chi connectivity index (χ4n) is 8.38. The fraction of sp³-hybridized carbons (Fsp3) is 0.776. The van der Waals surface area contributed by atoms with E-state index in [4.69, 9.17) is 18.9 Å². The highest BCUT2D eigenvalue weighted by atomic mass is 32.3. The van der Waals surface area contributed by atoms with Crippen LogP contribution in [0, 0.1) is 0 Å². The zero-order chi connectivity index (χ0) is 51.7. The van der Waals surface area contributed by atoms with Crippen molar-refractivity contribution < 1.29 is 56.2 Å². The lowest BCUT2D eigenvalue weighted by atomic mass is 9.99. The van der Waals surface area contributed by atoms with Crippen LogP contribution in [0.5, 0.6) is 0 Å². The third kappa shape index (κ3) is 41.6. The van der Waals surface area contributed by atoms with Crippen LogP contribution in [-0.2, 0) is 38.3 Å². The first-order valence-corrected chi connectivity index (χ1v) is 29.6. The van der Waals surface area contributed by atoms with E-state index in [0.717, 1.165) is 83.5 Å². The smallest absolute Gasteiger partial charge is 0.397 e. The maximum atomic E-state index is 12.9. The van der Waals surface area contributed by atoms with Crippen molar-refractivity contribution in [2.24, 2.45) is 0 Å². The Morgan fingerprint density at radius 2 is 0.972 bits per heavy atom. The first-order chi connectivity index (χ1) is 34.6. The Labute approximate surface area is 432 Å². The Balaban J connectivity index is 2.34. The normalized spacial score (nSPS) is 19.5. The maximum absolute atomic E-state index is 12.9. The molecule has 0 aromatic heterocycles. The van der Waals surface area contributed by atoms with Crippen molar-refractivity contribution >= 4 is 16.4 Å². The van der Waals surface area contributed by atoms with E-state index in [0.29, 0.717) is 13.0 Å². The first-order valence-electron chi connectivity index (χ1n) is 28.2.